The highest BCUT2D eigenvalue weighted by Gasteiger charge is 2.69. The smallest absolute Gasteiger partial charge is 0.423 e. The standard InChI is InChI=1S/C14H17F5O3/c1-7(13(15,16)12(2,21)14(17,18)19)22-11(20)10-6-8-3-4-9(10)5-8/h3-4,7-10,21H,5-6H2,1-2H3. The van der Waals surface area contributed by atoms with Crippen LogP contribution in [0.25, 0.3) is 0 Å². The van der Waals surface area contributed by atoms with E-state index in [9.17, 15) is 26.7 Å². The number of fused-ring (bicyclic) bond motifs is 2. The van der Waals surface area contributed by atoms with E-state index < -0.39 is 35.7 Å². The maximum absolute atomic E-state index is 13.9. The van der Waals surface area contributed by atoms with Crippen LogP contribution in [0.15, 0.2) is 12.2 Å². The number of alkyl halides is 5. The van der Waals surface area contributed by atoms with E-state index in [1.807, 2.05) is 6.08 Å². The van der Waals surface area contributed by atoms with Gasteiger partial charge >= 0.3 is 18.1 Å². The second-order valence-electron chi connectivity index (χ2n) is 6.16. The molecule has 0 aromatic rings. The molecule has 2 aliphatic carbocycles. The zero-order chi connectivity index (χ0) is 16.9. The molecule has 2 aliphatic rings. The van der Waals surface area contributed by atoms with Gasteiger partial charge in [0.1, 0.15) is 0 Å². The van der Waals surface area contributed by atoms with E-state index in [1.54, 1.807) is 6.08 Å². The summed E-state index contributed by atoms with van der Waals surface area (Å²) in [5, 5.41) is 9.16. The van der Waals surface area contributed by atoms with Crippen LogP contribution in [0.1, 0.15) is 26.7 Å². The Morgan fingerprint density at radius 1 is 1.23 bits per heavy atom. The van der Waals surface area contributed by atoms with Gasteiger partial charge in [-0.15, -0.1) is 0 Å². The van der Waals surface area contributed by atoms with Crippen LogP contribution in [0.2, 0.25) is 0 Å². The summed E-state index contributed by atoms with van der Waals surface area (Å²) in [4.78, 5) is 11.9. The normalized spacial score (nSPS) is 31.9. The van der Waals surface area contributed by atoms with Crippen LogP contribution in [0.5, 0.6) is 0 Å². The first kappa shape index (κ1) is 17.2. The molecule has 0 aromatic carbocycles. The van der Waals surface area contributed by atoms with Crippen molar-refractivity contribution in [3.05, 3.63) is 12.2 Å². The minimum atomic E-state index is -5.55. The minimum Gasteiger partial charge on any atom is -0.456 e. The van der Waals surface area contributed by atoms with Gasteiger partial charge in [0, 0.05) is 0 Å². The molecule has 126 valence electrons. The average molecular weight is 328 g/mol. The summed E-state index contributed by atoms with van der Waals surface area (Å²) in [5.74, 6) is -6.13. The maximum Gasteiger partial charge on any atom is 0.423 e. The number of hydrogen-bond donors (Lipinski definition) is 1. The molecule has 5 unspecified atom stereocenters. The molecule has 1 N–H and O–H groups in total. The first-order chi connectivity index (χ1) is 9.88. The van der Waals surface area contributed by atoms with Crippen LogP contribution < -0.4 is 0 Å². The second kappa shape index (κ2) is 5.18. The third kappa shape index (κ3) is 2.61. The van der Waals surface area contributed by atoms with Crippen molar-refractivity contribution in [2.24, 2.45) is 17.8 Å². The molecule has 1 saturated carbocycles. The van der Waals surface area contributed by atoms with Gasteiger partial charge < -0.3 is 9.84 Å². The van der Waals surface area contributed by atoms with Crippen LogP contribution in [-0.4, -0.2) is 34.9 Å². The van der Waals surface area contributed by atoms with Gasteiger partial charge in [0.25, 0.3) is 0 Å². The summed E-state index contributed by atoms with van der Waals surface area (Å²) >= 11 is 0. The van der Waals surface area contributed by atoms with Gasteiger partial charge in [-0.1, -0.05) is 12.2 Å². The van der Waals surface area contributed by atoms with Gasteiger partial charge in [0.2, 0.25) is 5.60 Å². The number of carbonyl (C=O) groups is 1. The average Bonchev–Trinajstić information content (AvgIpc) is 2.98. The zero-order valence-electron chi connectivity index (χ0n) is 12.0. The molecule has 2 rings (SSSR count). The number of halogens is 5. The lowest BCUT2D eigenvalue weighted by Crippen LogP contribution is -2.61. The van der Waals surface area contributed by atoms with Crippen LogP contribution in [0, 0.1) is 17.8 Å². The molecule has 0 radical (unpaired) electrons. The van der Waals surface area contributed by atoms with Crippen molar-refractivity contribution in [2.45, 2.75) is 50.5 Å². The summed E-state index contributed by atoms with van der Waals surface area (Å²) in [6.45, 7) is 0.624. The Hall–Kier alpha value is -1.18. The van der Waals surface area contributed by atoms with E-state index in [2.05, 4.69) is 4.74 Å². The van der Waals surface area contributed by atoms with E-state index >= 15 is 0 Å². The van der Waals surface area contributed by atoms with Gasteiger partial charge in [0.15, 0.2) is 6.10 Å². The lowest BCUT2D eigenvalue weighted by molar-refractivity contribution is -0.341. The molecule has 0 amide bonds. The number of ether oxygens (including phenoxy) is 1. The molecule has 22 heavy (non-hydrogen) atoms. The molecular formula is C14H17F5O3. The summed E-state index contributed by atoms with van der Waals surface area (Å²) in [7, 11) is 0. The second-order valence-corrected chi connectivity index (χ2v) is 6.16. The van der Waals surface area contributed by atoms with Gasteiger partial charge in [-0.05, 0) is 38.5 Å². The van der Waals surface area contributed by atoms with Crippen molar-refractivity contribution in [1.29, 1.82) is 0 Å². The molecule has 0 saturated heterocycles. The first-order valence-electron chi connectivity index (χ1n) is 6.93. The largest absolute Gasteiger partial charge is 0.456 e. The van der Waals surface area contributed by atoms with Crippen molar-refractivity contribution in [3.8, 4) is 0 Å². The van der Waals surface area contributed by atoms with E-state index in [0.29, 0.717) is 13.3 Å². The molecular weight excluding hydrogens is 311 g/mol. The number of hydrogen-bond acceptors (Lipinski definition) is 3. The first-order valence-corrected chi connectivity index (χ1v) is 6.93. The van der Waals surface area contributed by atoms with Gasteiger partial charge in [-0.25, -0.2) is 0 Å². The topological polar surface area (TPSA) is 46.5 Å². The Bertz CT molecular complexity index is 483. The van der Waals surface area contributed by atoms with Gasteiger partial charge in [-0.3, -0.25) is 4.79 Å². The van der Waals surface area contributed by atoms with Crippen molar-refractivity contribution < 1.29 is 36.6 Å². The summed E-state index contributed by atoms with van der Waals surface area (Å²) in [5.41, 5.74) is -4.28. The van der Waals surface area contributed by atoms with Crippen LogP contribution in [0.4, 0.5) is 22.0 Å². The molecule has 1 fully saturated rings. The molecule has 5 atom stereocenters. The summed E-state index contributed by atoms with van der Waals surface area (Å²) in [6, 6.07) is 0. The fraction of sp³-hybridized carbons (Fsp3) is 0.786. The predicted molar refractivity (Wildman–Crippen MR) is 66.0 cm³/mol. The van der Waals surface area contributed by atoms with Crippen LogP contribution in [-0.2, 0) is 9.53 Å². The molecule has 0 aromatic heterocycles. The third-order valence-corrected chi connectivity index (χ3v) is 4.59. The van der Waals surface area contributed by atoms with Crippen molar-refractivity contribution in [2.75, 3.05) is 0 Å². The molecule has 0 spiro atoms. The summed E-state index contributed by atoms with van der Waals surface area (Å²) < 4.78 is 70.0. The minimum absolute atomic E-state index is 0.0302. The maximum atomic E-state index is 13.9. The Morgan fingerprint density at radius 3 is 2.23 bits per heavy atom. The lowest BCUT2D eigenvalue weighted by atomic mass is 9.92. The van der Waals surface area contributed by atoms with Crippen molar-refractivity contribution in [1.82, 2.24) is 0 Å². The van der Waals surface area contributed by atoms with E-state index in [0.717, 1.165) is 6.42 Å². The third-order valence-electron chi connectivity index (χ3n) is 4.59. The van der Waals surface area contributed by atoms with Crippen LogP contribution >= 0.6 is 0 Å². The number of rotatable bonds is 4. The fourth-order valence-electron chi connectivity index (χ4n) is 2.97. The predicted octanol–water partition coefficient (Wildman–Crippen LogP) is 3.08. The molecule has 0 heterocycles. The molecule has 0 aliphatic heterocycles. The molecule has 2 bridgehead atoms. The number of esters is 1. The highest BCUT2D eigenvalue weighted by molar-refractivity contribution is 5.74. The van der Waals surface area contributed by atoms with Crippen LogP contribution in [0.3, 0.4) is 0 Å². The van der Waals surface area contributed by atoms with E-state index in [-0.39, 0.29) is 18.8 Å². The van der Waals surface area contributed by atoms with Crippen molar-refractivity contribution >= 4 is 5.97 Å². The Kier molecular flexibility index (Phi) is 4.04. The van der Waals surface area contributed by atoms with Gasteiger partial charge in [-0.2, -0.15) is 22.0 Å². The SMILES string of the molecule is CC(OC(=O)C1CC2C=CC1C2)C(F)(F)C(C)(O)C(F)(F)F. The number of carbonyl (C=O) groups excluding carboxylic acids is 1. The molecule has 8 heteroatoms. The highest BCUT2D eigenvalue weighted by atomic mass is 19.4. The Labute approximate surface area is 124 Å². The Balaban J connectivity index is 2.06. The number of aliphatic hydroxyl groups is 1. The Morgan fingerprint density at radius 2 is 1.82 bits per heavy atom. The summed E-state index contributed by atoms with van der Waals surface area (Å²) in [6.07, 6.45) is -3.03. The lowest BCUT2D eigenvalue weighted by Gasteiger charge is -2.37. The fourth-order valence-corrected chi connectivity index (χ4v) is 2.97. The number of allylic oxidation sites excluding steroid dienone is 2. The highest BCUT2D eigenvalue weighted by Crippen LogP contribution is 2.46. The van der Waals surface area contributed by atoms with Crippen molar-refractivity contribution in [3.63, 3.8) is 0 Å². The zero-order valence-corrected chi connectivity index (χ0v) is 12.0. The van der Waals surface area contributed by atoms with Gasteiger partial charge in [0.05, 0.1) is 5.92 Å². The van der Waals surface area contributed by atoms with E-state index in [1.165, 1.54) is 0 Å². The molecule has 3 nitrogen and oxygen atoms in total. The van der Waals surface area contributed by atoms with E-state index in [4.69, 9.17) is 5.11 Å². The monoisotopic (exact) mass is 328 g/mol. The quantitative estimate of drug-likeness (QED) is 0.490.